The molecule has 1 saturated heterocycles. The topological polar surface area (TPSA) is 88.5 Å². The largest absolute Gasteiger partial charge is 0.477 e. The van der Waals surface area contributed by atoms with Crippen LogP contribution in [0.4, 0.5) is 5.13 Å². The van der Waals surface area contributed by atoms with Gasteiger partial charge in [-0.1, -0.05) is 0 Å². The fourth-order valence-electron chi connectivity index (χ4n) is 2.23. The summed E-state index contributed by atoms with van der Waals surface area (Å²) in [5, 5.41) is 13.6. The highest BCUT2D eigenvalue weighted by molar-refractivity contribution is 7.15. The Labute approximate surface area is 134 Å². The quantitative estimate of drug-likeness (QED) is 0.875. The van der Waals surface area contributed by atoms with Crippen LogP contribution in [0.5, 0.6) is 0 Å². The highest BCUT2D eigenvalue weighted by Gasteiger charge is 2.18. The van der Waals surface area contributed by atoms with E-state index in [1.807, 2.05) is 0 Å². The normalized spacial score (nSPS) is 17.5. The number of carboxylic acids is 1. The maximum absolute atomic E-state index is 12.1. The third-order valence-electron chi connectivity index (χ3n) is 3.36. The summed E-state index contributed by atoms with van der Waals surface area (Å²) in [6.45, 7) is 1.60. The van der Waals surface area contributed by atoms with Crippen molar-refractivity contribution in [2.24, 2.45) is 5.92 Å². The van der Waals surface area contributed by atoms with Gasteiger partial charge in [0.25, 0.3) is 5.91 Å². The average Bonchev–Trinajstić information content (AvgIpc) is 3.19. The van der Waals surface area contributed by atoms with Crippen molar-refractivity contribution in [3.63, 3.8) is 0 Å². The maximum Gasteiger partial charge on any atom is 0.345 e. The van der Waals surface area contributed by atoms with Crippen LogP contribution in [0.2, 0.25) is 0 Å². The summed E-state index contributed by atoms with van der Waals surface area (Å²) in [7, 11) is 0. The number of aromatic carboxylic acids is 1. The number of rotatable bonds is 5. The number of thiophene rings is 1. The predicted molar refractivity (Wildman–Crippen MR) is 84.0 cm³/mol. The standard InChI is InChI=1S/C14H14N2O4S2/c17-12(9-4-11(13(18)19)21-7-9)16-14-15-5-10(22-14)3-8-1-2-20-6-8/h4-5,7-8H,1-3,6H2,(H,18,19)(H,15,16,17). The molecule has 22 heavy (non-hydrogen) atoms. The van der Waals surface area contributed by atoms with Gasteiger partial charge in [0.2, 0.25) is 0 Å². The van der Waals surface area contributed by atoms with Crippen molar-refractivity contribution >= 4 is 39.7 Å². The Morgan fingerprint density at radius 1 is 1.50 bits per heavy atom. The minimum atomic E-state index is -1.03. The molecule has 6 nitrogen and oxygen atoms in total. The number of nitrogens with zero attached hydrogens (tertiary/aromatic N) is 1. The third-order valence-corrected chi connectivity index (χ3v) is 5.21. The van der Waals surface area contributed by atoms with Crippen molar-refractivity contribution in [2.75, 3.05) is 18.5 Å². The summed E-state index contributed by atoms with van der Waals surface area (Å²) in [5.41, 5.74) is 0.336. The summed E-state index contributed by atoms with van der Waals surface area (Å²) < 4.78 is 5.35. The fourth-order valence-corrected chi connectivity index (χ4v) is 3.87. The van der Waals surface area contributed by atoms with E-state index in [2.05, 4.69) is 10.3 Å². The van der Waals surface area contributed by atoms with Gasteiger partial charge < -0.3 is 9.84 Å². The van der Waals surface area contributed by atoms with Gasteiger partial charge in [-0.15, -0.1) is 22.7 Å². The molecule has 8 heteroatoms. The molecule has 3 rings (SSSR count). The Morgan fingerprint density at radius 2 is 2.36 bits per heavy atom. The summed E-state index contributed by atoms with van der Waals surface area (Å²) in [6.07, 6.45) is 3.75. The number of nitrogens with one attached hydrogen (secondary N) is 1. The molecule has 3 heterocycles. The lowest BCUT2D eigenvalue weighted by molar-refractivity contribution is 0.0702. The highest BCUT2D eigenvalue weighted by Crippen LogP contribution is 2.25. The van der Waals surface area contributed by atoms with Gasteiger partial charge >= 0.3 is 5.97 Å². The molecule has 0 aliphatic carbocycles. The molecular formula is C14H14N2O4S2. The van der Waals surface area contributed by atoms with Crippen LogP contribution in [-0.2, 0) is 11.2 Å². The zero-order valence-corrected chi connectivity index (χ0v) is 13.2. The maximum atomic E-state index is 12.1. The Hall–Kier alpha value is -1.77. The Bertz CT molecular complexity index is 689. The summed E-state index contributed by atoms with van der Waals surface area (Å²) in [5.74, 6) is -0.841. The van der Waals surface area contributed by atoms with Crippen molar-refractivity contribution in [2.45, 2.75) is 12.8 Å². The zero-order chi connectivity index (χ0) is 15.5. The van der Waals surface area contributed by atoms with E-state index in [4.69, 9.17) is 9.84 Å². The monoisotopic (exact) mass is 338 g/mol. The molecule has 0 aromatic carbocycles. The molecule has 116 valence electrons. The van der Waals surface area contributed by atoms with Crippen molar-refractivity contribution in [3.05, 3.63) is 33.0 Å². The molecular weight excluding hydrogens is 324 g/mol. The van der Waals surface area contributed by atoms with Crippen LogP contribution in [0.15, 0.2) is 17.6 Å². The summed E-state index contributed by atoms with van der Waals surface area (Å²) in [6, 6.07) is 1.37. The number of carbonyl (C=O) groups excluding carboxylic acids is 1. The second-order valence-electron chi connectivity index (χ2n) is 5.02. The summed E-state index contributed by atoms with van der Waals surface area (Å²) >= 11 is 2.48. The van der Waals surface area contributed by atoms with Crippen LogP contribution in [0.1, 0.15) is 31.3 Å². The van der Waals surface area contributed by atoms with Gasteiger partial charge in [-0.25, -0.2) is 9.78 Å². The van der Waals surface area contributed by atoms with Crippen LogP contribution in [-0.4, -0.2) is 35.2 Å². The number of hydrogen-bond donors (Lipinski definition) is 2. The van der Waals surface area contributed by atoms with Crippen molar-refractivity contribution in [1.82, 2.24) is 4.98 Å². The summed E-state index contributed by atoms with van der Waals surface area (Å²) in [4.78, 5) is 28.3. The lowest BCUT2D eigenvalue weighted by atomic mass is 10.1. The van der Waals surface area contributed by atoms with Crippen LogP contribution in [0.3, 0.4) is 0 Å². The van der Waals surface area contributed by atoms with E-state index in [0.29, 0.717) is 16.6 Å². The van der Waals surface area contributed by atoms with Crippen LogP contribution in [0.25, 0.3) is 0 Å². The van der Waals surface area contributed by atoms with Crippen LogP contribution >= 0.6 is 22.7 Å². The van der Waals surface area contributed by atoms with Crippen molar-refractivity contribution < 1.29 is 19.4 Å². The van der Waals surface area contributed by atoms with Gasteiger partial charge in [-0.2, -0.15) is 0 Å². The predicted octanol–water partition coefficient (Wildman–Crippen LogP) is 2.73. The second kappa shape index (κ2) is 6.55. The van der Waals surface area contributed by atoms with Crippen molar-refractivity contribution in [3.8, 4) is 0 Å². The minimum absolute atomic E-state index is 0.145. The zero-order valence-electron chi connectivity index (χ0n) is 11.6. The first kappa shape index (κ1) is 15.1. The molecule has 2 aromatic heterocycles. The van der Waals surface area contributed by atoms with E-state index in [1.165, 1.54) is 22.8 Å². The Morgan fingerprint density at radius 3 is 3.05 bits per heavy atom. The van der Waals surface area contributed by atoms with E-state index >= 15 is 0 Å². The van der Waals surface area contributed by atoms with Gasteiger partial charge in [0.1, 0.15) is 4.88 Å². The molecule has 2 aromatic rings. The molecule has 0 bridgehead atoms. The first-order valence-corrected chi connectivity index (χ1v) is 8.47. The van der Waals surface area contributed by atoms with E-state index in [1.54, 1.807) is 6.20 Å². The fraction of sp³-hybridized carbons (Fsp3) is 0.357. The SMILES string of the molecule is O=C(Nc1ncc(CC2CCOC2)s1)c1csc(C(=O)O)c1. The minimum Gasteiger partial charge on any atom is -0.477 e. The van der Waals surface area contributed by atoms with Gasteiger partial charge in [-0.05, 0) is 24.8 Å². The van der Waals surface area contributed by atoms with Gasteiger partial charge in [-0.3, -0.25) is 10.1 Å². The molecule has 0 saturated carbocycles. The first-order chi connectivity index (χ1) is 10.6. The number of thiazole rings is 1. The molecule has 1 amide bonds. The number of amides is 1. The third kappa shape index (κ3) is 3.52. The number of carbonyl (C=O) groups is 2. The Kier molecular flexibility index (Phi) is 4.51. The number of aromatic nitrogens is 1. The average molecular weight is 338 g/mol. The molecule has 0 radical (unpaired) electrons. The lowest BCUT2D eigenvalue weighted by Gasteiger charge is -2.03. The van der Waals surface area contributed by atoms with E-state index < -0.39 is 5.97 Å². The van der Waals surface area contributed by atoms with Crippen LogP contribution < -0.4 is 5.32 Å². The van der Waals surface area contributed by atoms with E-state index in [-0.39, 0.29) is 10.8 Å². The molecule has 1 aliphatic rings. The highest BCUT2D eigenvalue weighted by atomic mass is 32.1. The number of hydrogen-bond acceptors (Lipinski definition) is 6. The molecule has 2 N–H and O–H groups in total. The van der Waals surface area contributed by atoms with Crippen LogP contribution in [0, 0.1) is 5.92 Å². The second-order valence-corrected chi connectivity index (χ2v) is 7.05. The Balaban J connectivity index is 1.61. The number of ether oxygens (including phenoxy) is 1. The van der Waals surface area contributed by atoms with Gasteiger partial charge in [0.15, 0.2) is 5.13 Å². The molecule has 1 unspecified atom stereocenters. The smallest absolute Gasteiger partial charge is 0.345 e. The number of carboxylic acid groups (broad SMARTS) is 1. The van der Waals surface area contributed by atoms with Gasteiger partial charge in [0.05, 0.1) is 5.56 Å². The molecule has 0 spiro atoms. The van der Waals surface area contributed by atoms with E-state index in [9.17, 15) is 9.59 Å². The molecule has 1 atom stereocenters. The molecule has 1 fully saturated rings. The van der Waals surface area contributed by atoms with Gasteiger partial charge in [0, 0.05) is 29.7 Å². The number of anilines is 1. The first-order valence-electron chi connectivity index (χ1n) is 6.77. The van der Waals surface area contributed by atoms with Crippen molar-refractivity contribution in [1.29, 1.82) is 0 Å². The lowest BCUT2D eigenvalue weighted by Crippen LogP contribution is -2.10. The van der Waals surface area contributed by atoms with E-state index in [0.717, 1.165) is 42.3 Å². The molecule has 1 aliphatic heterocycles.